The molecule has 0 fully saturated rings. The smallest absolute Gasteiger partial charge is 0.338 e. The molecule has 2 aromatic carbocycles. The Morgan fingerprint density at radius 2 is 1.85 bits per heavy atom. The van der Waals surface area contributed by atoms with Crippen molar-refractivity contribution in [2.75, 3.05) is 25.6 Å². The molecule has 0 aromatic heterocycles. The van der Waals surface area contributed by atoms with E-state index < -0.39 is 12.0 Å². The molecule has 0 spiro atoms. The molecule has 3 amide bonds. The number of urea groups is 1. The predicted octanol–water partition coefficient (Wildman–Crippen LogP) is 4.65. The molecule has 1 aliphatic heterocycles. The minimum Gasteiger partial charge on any atom is -0.494 e. The van der Waals surface area contributed by atoms with Crippen LogP contribution in [-0.2, 0) is 9.53 Å². The van der Waals surface area contributed by atoms with E-state index >= 15 is 0 Å². The summed E-state index contributed by atoms with van der Waals surface area (Å²) >= 11 is 0. The van der Waals surface area contributed by atoms with E-state index in [1.807, 2.05) is 0 Å². The van der Waals surface area contributed by atoms with Crippen molar-refractivity contribution >= 4 is 23.6 Å². The first-order valence-corrected chi connectivity index (χ1v) is 11.4. The number of amides is 3. The van der Waals surface area contributed by atoms with E-state index in [9.17, 15) is 14.4 Å². The van der Waals surface area contributed by atoms with Crippen LogP contribution in [0.25, 0.3) is 0 Å². The number of benzene rings is 2. The van der Waals surface area contributed by atoms with Gasteiger partial charge in [-0.3, -0.25) is 4.79 Å². The quantitative estimate of drug-likeness (QED) is 0.415. The van der Waals surface area contributed by atoms with Crippen LogP contribution in [0, 0.1) is 0 Å². The largest absolute Gasteiger partial charge is 0.494 e. The van der Waals surface area contributed by atoms with Crippen LogP contribution >= 0.6 is 0 Å². The highest BCUT2D eigenvalue weighted by Gasteiger charge is 2.35. The van der Waals surface area contributed by atoms with E-state index in [1.165, 1.54) is 4.90 Å². The third-order valence-electron chi connectivity index (χ3n) is 5.61. The van der Waals surface area contributed by atoms with Gasteiger partial charge in [-0.25, -0.2) is 9.59 Å². The van der Waals surface area contributed by atoms with Crippen molar-refractivity contribution in [1.29, 1.82) is 0 Å². The Kier molecular flexibility index (Phi) is 8.29. The average Bonchev–Trinajstić information content (AvgIpc) is 2.83. The molecule has 0 saturated carbocycles. The van der Waals surface area contributed by atoms with Crippen LogP contribution in [0.3, 0.4) is 0 Å². The molecule has 2 N–H and O–H groups in total. The van der Waals surface area contributed by atoms with Gasteiger partial charge in [0.15, 0.2) is 0 Å². The fourth-order valence-electron chi connectivity index (χ4n) is 3.59. The maximum absolute atomic E-state index is 12.8. The van der Waals surface area contributed by atoms with E-state index in [0.29, 0.717) is 34.7 Å². The molecular weight excluding hydrogens is 434 g/mol. The van der Waals surface area contributed by atoms with Gasteiger partial charge in [-0.2, -0.15) is 0 Å². The highest BCUT2D eigenvalue weighted by atomic mass is 16.5. The summed E-state index contributed by atoms with van der Waals surface area (Å²) in [6, 6.07) is 13.0. The first-order valence-electron chi connectivity index (χ1n) is 11.4. The monoisotopic (exact) mass is 465 g/mol. The first-order chi connectivity index (χ1) is 16.3. The molecule has 1 unspecified atom stereocenters. The van der Waals surface area contributed by atoms with Crippen LogP contribution in [-0.4, -0.2) is 43.1 Å². The number of allylic oxidation sites excluding steroid dienone is 1. The first kappa shape index (κ1) is 24.8. The molecule has 2 aromatic rings. The van der Waals surface area contributed by atoms with Crippen LogP contribution in [0.15, 0.2) is 59.8 Å². The second-order valence-corrected chi connectivity index (χ2v) is 7.97. The molecule has 180 valence electrons. The van der Waals surface area contributed by atoms with Crippen LogP contribution in [0.2, 0.25) is 0 Å². The molecule has 8 heteroatoms. The Morgan fingerprint density at radius 1 is 1.12 bits per heavy atom. The van der Waals surface area contributed by atoms with E-state index in [-0.39, 0.29) is 18.5 Å². The molecule has 0 saturated heterocycles. The third kappa shape index (κ3) is 5.75. The lowest BCUT2D eigenvalue weighted by Gasteiger charge is -2.33. The molecule has 8 nitrogen and oxygen atoms in total. The van der Waals surface area contributed by atoms with Crippen LogP contribution < -0.4 is 15.4 Å². The van der Waals surface area contributed by atoms with E-state index in [0.717, 1.165) is 18.6 Å². The van der Waals surface area contributed by atoms with Crippen LogP contribution in [0.1, 0.15) is 55.6 Å². The Hall–Kier alpha value is -3.81. The summed E-state index contributed by atoms with van der Waals surface area (Å²) in [6.45, 7) is 6.40. The highest BCUT2D eigenvalue weighted by molar-refractivity contribution is 6.04. The molecule has 1 heterocycles. The molecule has 3 rings (SSSR count). The Labute approximate surface area is 199 Å². The average molecular weight is 466 g/mol. The van der Waals surface area contributed by atoms with Crippen molar-refractivity contribution in [2.24, 2.45) is 0 Å². The van der Waals surface area contributed by atoms with Gasteiger partial charge in [0.2, 0.25) is 0 Å². The minimum absolute atomic E-state index is 0.221. The number of nitrogens with one attached hydrogen (secondary N) is 2. The van der Waals surface area contributed by atoms with E-state index in [4.69, 9.17) is 9.47 Å². The number of unbranched alkanes of at least 4 members (excludes halogenated alkanes) is 1. The van der Waals surface area contributed by atoms with Crippen molar-refractivity contribution in [2.45, 2.75) is 39.7 Å². The number of hydrogen-bond donors (Lipinski definition) is 2. The molecule has 34 heavy (non-hydrogen) atoms. The Bertz CT molecular complexity index is 1080. The Balaban J connectivity index is 1.79. The zero-order valence-electron chi connectivity index (χ0n) is 20.0. The van der Waals surface area contributed by atoms with Gasteiger partial charge in [-0.1, -0.05) is 25.5 Å². The second-order valence-electron chi connectivity index (χ2n) is 7.97. The number of anilines is 1. The summed E-state index contributed by atoms with van der Waals surface area (Å²) < 4.78 is 10.9. The number of ether oxygens (including phenoxy) is 2. The van der Waals surface area contributed by atoms with Gasteiger partial charge in [0.1, 0.15) is 5.75 Å². The van der Waals surface area contributed by atoms with Crippen molar-refractivity contribution < 1.29 is 23.9 Å². The van der Waals surface area contributed by atoms with Crippen molar-refractivity contribution in [1.82, 2.24) is 10.2 Å². The number of rotatable bonds is 9. The summed E-state index contributed by atoms with van der Waals surface area (Å²) in [5.41, 5.74) is 2.55. The van der Waals surface area contributed by atoms with Gasteiger partial charge in [0.25, 0.3) is 5.91 Å². The maximum Gasteiger partial charge on any atom is 0.338 e. The standard InChI is InChI=1S/C26H31N3O5/c1-5-7-15-34-21-13-11-18(12-14-21)24(30)27-20-10-8-9-19(16-20)23-22(25(31)33-6-2)17(3)29(4)26(32)28-23/h8-14,16,23H,5-7,15H2,1-4H3,(H,27,30)(H,28,32). The SMILES string of the molecule is CCCCOc1ccc(C(=O)Nc2cccc(C3NC(=O)N(C)C(C)=C3C(=O)OCC)c2)cc1. The minimum atomic E-state index is -0.695. The molecular formula is C26H31N3O5. The predicted molar refractivity (Wildman–Crippen MR) is 130 cm³/mol. The van der Waals surface area contributed by atoms with Gasteiger partial charge in [0, 0.05) is 24.0 Å². The van der Waals surface area contributed by atoms with Gasteiger partial charge in [-0.15, -0.1) is 0 Å². The fourth-order valence-corrected chi connectivity index (χ4v) is 3.59. The van der Waals surface area contributed by atoms with Gasteiger partial charge in [0.05, 0.1) is 24.8 Å². The number of carbonyl (C=O) groups excluding carboxylic acids is 3. The molecule has 0 radical (unpaired) electrons. The van der Waals surface area contributed by atoms with Crippen LogP contribution in [0.5, 0.6) is 5.75 Å². The van der Waals surface area contributed by atoms with Crippen molar-refractivity contribution in [3.63, 3.8) is 0 Å². The number of carbonyl (C=O) groups is 3. The Morgan fingerprint density at radius 3 is 2.53 bits per heavy atom. The van der Waals surface area contributed by atoms with Gasteiger partial charge >= 0.3 is 12.0 Å². The van der Waals surface area contributed by atoms with E-state index in [2.05, 4.69) is 17.6 Å². The maximum atomic E-state index is 12.8. The third-order valence-corrected chi connectivity index (χ3v) is 5.61. The summed E-state index contributed by atoms with van der Waals surface area (Å²) in [5.74, 6) is -0.0480. The lowest BCUT2D eigenvalue weighted by Crippen LogP contribution is -2.46. The lowest BCUT2D eigenvalue weighted by atomic mass is 9.94. The summed E-state index contributed by atoms with van der Waals surface area (Å²) in [6.07, 6.45) is 2.03. The second kappa shape index (κ2) is 11.4. The lowest BCUT2D eigenvalue weighted by molar-refractivity contribution is -0.139. The molecule has 1 aliphatic rings. The molecule has 0 bridgehead atoms. The molecule has 1 atom stereocenters. The zero-order valence-corrected chi connectivity index (χ0v) is 20.0. The molecule has 0 aliphatic carbocycles. The normalized spacial score (nSPS) is 15.6. The topological polar surface area (TPSA) is 97.0 Å². The van der Waals surface area contributed by atoms with E-state index in [1.54, 1.807) is 69.4 Å². The zero-order chi connectivity index (χ0) is 24.7. The summed E-state index contributed by atoms with van der Waals surface area (Å²) in [7, 11) is 1.59. The fraction of sp³-hybridized carbons (Fsp3) is 0.346. The van der Waals surface area contributed by atoms with Crippen molar-refractivity contribution in [3.05, 3.63) is 70.9 Å². The van der Waals surface area contributed by atoms with Gasteiger partial charge < -0.3 is 25.0 Å². The number of hydrogen-bond acceptors (Lipinski definition) is 5. The van der Waals surface area contributed by atoms with Crippen LogP contribution in [0.4, 0.5) is 10.5 Å². The van der Waals surface area contributed by atoms with Gasteiger partial charge in [-0.05, 0) is 62.2 Å². The highest BCUT2D eigenvalue weighted by Crippen LogP contribution is 2.32. The van der Waals surface area contributed by atoms with Crippen molar-refractivity contribution in [3.8, 4) is 5.75 Å². The summed E-state index contributed by atoms with van der Waals surface area (Å²) in [4.78, 5) is 39.2. The summed E-state index contributed by atoms with van der Waals surface area (Å²) in [5, 5.41) is 5.72. The number of esters is 1. The number of nitrogens with zero attached hydrogens (tertiary/aromatic N) is 1.